The molecule has 1 atom stereocenters. The van der Waals surface area contributed by atoms with Gasteiger partial charge in [0.2, 0.25) is 5.95 Å². The molecule has 2 aromatic rings. The number of hydrogen-bond acceptors (Lipinski definition) is 7. The van der Waals surface area contributed by atoms with Gasteiger partial charge >= 0.3 is 0 Å². The summed E-state index contributed by atoms with van der Waals surface area (Å²) >= 11 is 0. The number of sulfone groups is 1. The minimum atomic E-state index is -2.95. The molecule has 7 nitrogen and oxygen atoms in total. The minimum Gasteiger partial charge on any atom is -0.365 e. The molecule has 3 rings (SSSR count). The molecule has 0 amide bonds. The Kier molecular flexibility index (Phi) is 4.89. The molecule has 0 spiro atoms. The number of benzene rings is 1. The van der Waals surface area contributed by atoms with Crippen molar-refractivity contribution in [2.24, 2.45) is 0 Å². The molecule has 0 saturated carbocycles. The second-order valence-corrected chi connectivity index (χ2v) is 7.91. The highest BCUT2D eigenvalue weighted by molar-refractivity contribution is 7.91. The van der Waals surface area contributed by atoms with Crippen molar-refractivity contribution in [2.45, 2.75) is 18.9 Å². The number of aromatic nitrogens is 3. The van der Waals surface area contributed by atoms with Gasteiger partial charge in [-0.2, -0.15) is 10.1 Å². The molecule has 1 fully saturated rings. The largest absolute Gasteiger partial charge is 0.365 e. The van der Waals surface area contributed by atoms with Crippen LogP contribution >= 0.6 is 0 Å². The predicted molar refractivity (Wildman–Crippen MR) is 89.1 cm³/mol. The van der Waals surface area contributed by atoms with E-state index in [0.717, 1.165) is 0 Å². The van der Waals surface area contributed by atoms with Crippen molar-refractivity contribution in [1.82, 2.24) is 15.2 Å². The maximum Gasteiger partial charge on any atom is 0.244 e. The Balaban J connectivity index is 1.55. The van der Waals surface area contributed by atoms with E-state index in [1.54, 1.807) is 18.2 Å². The third-order valence-electron chi connectivity index (χ3n) is 3.78. The minimum absolute atomic E-state index is 0.104. The predicted octanol–water partition coefficient (Wildman–Crippen LogP) is 1.26. The first-order chi connectivity index (χ1) is 11.5. The third kappa shape index (κ3) is 4.38. The lowest BCUT2D eigenvalue weighted by molar-refractivity contribution is 0.601. The lowest BCUT2D eigenvalue weighted by Gasteiger charge is -2.11. The number of halogens is 1. The van der Waals surface area contributed by atoms with E-state index in [9.17, 15) is 12.8 Å². The SMILES string of the molecule is O=S1(=O)CCC(Nc2cnnc(NCCc3ccccc3F)n2)C1. The van der Waals surface area contributed by atoms with Crippen LogP contribution in [0.5, 0.6) is 0 Å². The van der Waals surface area contributed by atoms with Gasteiger partial charge < -0.3 is 10.6 Å². The van der Waals surface area contributed by atoms with E-state index in [1.165, 1.54) is 12.3 Å². The summed E-state index contributed by atoms with van der Waals surface area (Å²) in [6.07, 6.45) is 2.50. The zero-order valence-corrected chi connectivity index (χ0v) is 13.8. The fourth-order valence-corrected chi connectivity index (χ4v) is 4.25. The molecule has 0 aliphatic carbocycles. The maximum absolute atomic E-state index is 13.5. The van der Waals surface area contributed by atoms with Gasteiger partial charge in [-0.1, -0.05) is 18.2 Å². The number of rotatable bonds is 6. The second-order valence-electron chi connectivity index (χ2n) is 5.68. The van der Waals surface area contributed by atoms with E-state index in [2.05, 4.69) is 25.8 Å². The Morgan fingerprint density at radius 2 is 2.12 bits per heavy atom. The fourth-order valence-electron chi connectivity index (χ4n) is 2.58. The van der Waals surface area contributed by atoms with Gasteiger partial charge in [-0.25, -0.2) is 12.8 Å². The van der Waals surface area contributed by atoms with Crippen LogP contribution in [-0.2, 0) is 16.3 Å². The summed E-state index contributed by atoms with van der Waals surface area (Å²) < 4.78 is 36.5. The maximum atomic E-state index is 13.5. The van der Waals surface area contributed by atoms with E-state index >= 15 is 0 Å². The molecule has 9 heteroatoms. The Bertz CT molecular complexity index is 815. The van der Waals surface area contributed by atoms with E-state index in [-0.39, 0.29) is 23.4 Å². The summed E-state index contributed by atoms with van der Waals surface area (Å²) in [5.74, 6) is 0.846. The number of nitrogens with zero attached hydrogens (tertiary/aromatic N) is 3. The molecular weight excluding hydrogens is 333 g/mol. The van der Waals surface area contributed by atoms with Crippen LogP contribution in [0.3, 0.4) is 0 Å². The quantitative estimate of drug-likeness (QED) is 0.809. The first kappa shape index (κ1) is 16.6. The number of hydrogen-bond donors (Lipinski definition) is 2. The van der Waals surface area contributed by atoms with Crippen molar-refractivity contribution in [3.05, 3.63) is 41.8 Å². The lowest BCUT2D eigenvalue weighted by Crippen LogP contribution is -2.22. The summed E-state index contributed by atoms with van der Waals surface area (Å²) in [5.41, 5.74) is 0.614. The van der Waals surface area contributed by atoms with E-state index in [1.807, 2.05) is 0 Å². The van der Waals surface area contributed by atoms with Crippen LogP contribution in [0, 0.1) is 5.82 Å². The zero-order valence-electron chi connectivity index (χ0n) is 12.9. The van der Waals surface area contributed by atoms with Gasteiger partial charge in [-0.05, 0) is 24.5 Å². The van der Waals surface area contributed by atoms with Crippen LogP contribution in [-0.4, -0.2) is 47.7 Å². The molecular formula is C15H18FN5O2S. The van der Waals surface area contributed by atoms with Gasteiger partial charge in [-0.3, -0.25) is 0 Å². The smallest absolute Gasteiger partial charge is 0.244 e. The highest BCUT2D eigenvalue weighted by Gasteiger charge is 2.28. The first-order valence-corrected chi connectivity index (χ1v) is 9.48. The summed E-state index contributed by atoms with van der Waals surface area (Å²) in [5, 5.41) is 13.8. The average Bonchev–Trinajstić information content (AvgIpc) is 2.88. The molecule has 24 heavy (non-hydrogen) atoms. The molecule has 1 aromatic carbocycles. The van der Waals surface area contributed by atoms with E-state index in [4.69, 9.17) is 0 Å². The Hall–Kier alpha value is -2.29. The fraction of sp³-hybridized carbons (Fsp3) is 0.400. The average molecular weight is 351 g/mol. The van der Waals surface area contributed by atoms with Crippen molar-refractivity contribution in [1.29, 1.82) is 0 Å². The van der Waals surface area contributed by atoms with Crippen molar-refractivity contribution < 1.29 is 12.8 Å². The van der Waals surface area contributed by atoms with E-state index < -0.39 is 9.84 Å². The van der Waals surface area contributed by atoms with Crippen LogP contribution in [0.25, 0.3) is 0 Å². The number of nitrogens with one attached hydrogen (secondary N) is 2. The topological polar surface area (TPSA) is 96.9 Å². The molecule has 1 aliphatic heterocycles. The molecule has 2 heterocycles. The van der Waals surface area contributed by atoms with Gasteiger partial charge in [0, 0.05) is 12.6 Å². The van der Waals surface area contributed by atoms with Crippen LogP contribution in [0.1, 0.15) is 12.0 Å². The highest BCUT2D eigenvalue weighted by atomic mass is 32.2. The van der Waals surface area contributed by atoms with Gasteiger partial charge in [0.15, 0.2) is 15.7 Å². The Morgan fingerprint density at radius 3 is 2.88 bits per heavy atom. The summed E-state index contributed by atoms with van der Waals surface area (Å²) in [7, 11) is -2.95. The van der Waals surface area contributed by atoms with Crippen LogP contribution in [0.2, 0.25) is 0 Å². The third-order valence-corrected chi connectivity index (χ3v) is 5.55. The first-order valence-electron chi connectivity index (χ1n) is 7.66. The van der Waals surface area contributed by atoms with Crippen LogP contribution in [0.4, 0.5) is 16.2 Å². The van der Waals surface area contributed by atoms with Gasteiger partial charge in [0.05, 0.1) is 17.7 Å². The zero-order chi connectivity index (χ0) is 17.0. The highest BCUT2D eigenvalue weighted by Crippen LogP contribution is 2.16. The molecule has 1 aromatic heterocycles. The summed E-state index contributed by atoms with van der Waals surface area (Å²) in [4.78, 5) is 4.25. The lowest BCUT2D eigenvalue weighted by atomic mass is 10.1. The second kappa shape index (κ2) is 7.08. The normalized spacial score (nSPS) is 19.1. The summed E-state index contributed by atoms with van der Waals surface area (Å²) in [6, 6.07) is 6.44. The van der Waals surface area contributed by atoms with Gasteiger partial charge in [-0.15, -0.1) is 5.10 Å². The van der Waals surface area contributed by atoms with Crippen LogP contribution in [0.15, 0.2) is 30.5 Å². The molecule has 1 saturated heterocycles. The molecule has 1 unspecified atom stereocenters. The van der Waals surface area contributed by atoms with Crippen molar-refractivity contribution in [3.8, 4) is 0 Å². The molecule has 0 bridgehead atoms. The standard InChI is InChI=1S/C15H18FN5O2S/c16-13-4-2-1-3-11(13)5-7-17-15-20-14(9-18-21-15)19-12-6-8-24(22,23)10-12/h1-4,9,12H,5-8,10H2,(H2,17,19,20,21). The van der Waals surface area contributed by atoms with Crippen LogP contribution < -0.4 is 10.6 Å². The van der Waals surface area contributed by atoms with Crippen molar-refractivity contribution >= 4 is 21.6 Å². The number of anilines is 2. The summed E-state index contributed by atoms with van der Waals surface area (Å²) in [6.45, 7) is 0.462. The van der Waals surface area contributed by atoms with Gasteiger partial charge in [0.1, 0.15) is 5.82 Å². The Morgan fingerprint density at radius 1 is 1.29 bits per heavy atom. The van der Waals surface area contributed by atoms with Crippen molar-refractivity contribution in [2.75, 3.05) is 28.7 Å². The molecule has 128 valence electrons. The van der Waals surface area contributed by atoms with Gasteiger partial charge in [0.25, 0.3) is 0 Å². The molecule has 2 N–H and O–H groups in total. The molecule has 1 aliphatic rings. The Labute approximate surface area is 139 Å². The molecule has 0 radical (unpaired) electrons. The van der Waals surface area contributed by atoms with Crippen molar-refractivity contribution in [3.63, 3.8) is 0 Å². The van der Waals surface area contributed by atoms with E-state index in [0.29, 0.717) is 36.7 Å². The monoisotopic (exact) mass is 351 g/mol.